The molecule has 0 bridgehead atoms. The van der Waals surface area contributed by atoms with Crippen LogP contribution in [0.2, 0.25) is 0 Å². The molecule has 0 aliphatic carbocycles. The van der Waals surface area contributed by atoms with Crippen molar-refractivity contribution in [2.45, 2.75) is 55.9 Å². The van der Waals surface area contributed by atoms with Gasteiger partial charge in [0.25, 0.3) is 0 Å². The van der Waals surface area contributed by atoms with Crippen LogP contribution >= 0.6 is 0 Å². The van der Waals surface area contributed by atoms with Crippen molar-refractivity contribution in [3.05, 3.63) is 24.3 Å². The maximum absolute atomic E-state index is 12.6. The molecule has 0 spiro atoms. The smallest absolute Gasteiger partial charge is 0.243 e. The zero-order chi connectivity index (χ0) is 20.1. The van der Waals surface area contributed by atoms with E-state index in [0.717, 1.165) is 19.3 Å². The molecule has 1 N–H and O–H groups in total. The van der Waals surface area contributed by atoms with Gasteiger partial charge in [-0.25, -0.2) is 21.6 Å². The average molecular weight is 419 g/mol. The van der Waals surface area contributed by atoms with E-state index in [0.29, 0.717) is 32.2 Å². The number of benzene rings is 1. The number of hydrogen-bond donors (Lipinski definition) is 1. The summed E-state index contributed by atoms with van der Waals surface area (Å²) in [6.45, 7) is 7.46. The van der Waals surface area contributed by atoms with Crippen LogP contribution in [0, 0.1) is 5.92 Å². The summed E-state index contributed by atoms with van der Waals surface area (Å²) in [5.41, 5.74) is 0. The zero-order valence-electron chi connectivity index (χ0n) is 16.2. The minimum atomic E-state index is -3.68. The van der Waals surface area contributed by atoms with Crippen molar-refractivity contribution in [1.29, 1.82) is 0 Å². The van der Waals surface area contributed by atoms with E-state index in [-0.39, 0.29) is 15.8 Å². The normalized spacial score (nSPS) is 17.9. The molecule has 1 saturated heterocycles. The third-order valence-electron chi connectivity index (χ3n) is 4.52. The first-order valence-corrected chi connectivity index (χ1v) is 12.3. The Kier molecular flexibility index (Phi) is 7.82. The number of hydrogen-bond acceptors (Lipinski definition) is 5. The Bertz CT molecular complexity index is 799. The van der Waals surface area contributed by atoms with Crippen molar-refractivity contribution in [2.24, 2.45) is 5.92 Å². The van der Waals surface area contributed by atoms with Crippen LogP contribution in [0.3, 0.4) is 0 Å². The van der Waals surface area contributed by atoms with Crippen LogP contribution in [0.15, 0.2) is 34.1 Å². The number of rotatable bonds is 9. The minimum Gasteiger partial charge on any atom is -0.379 e. The molecular formula is C18H30N2O5S2. The van der Waals surface area contributed by atoms with Gasteiger partial charge in [0.1, 0.15) is 0 Å². The molecule has 7 nitrogen and oxygen atoms in total. The Morgan fingerprint density at radius 1 is 0.963 bits per heavy atom. The lowest BCUT2D eigenvalue weighted by Gasteiger charge is -2.26. The van der Waals surface area contributed by atoms with Crippen LogP contribution in [0.5, 0.6) is 0 Å². The molecule has 1 aliphatic rings. The van der Waals surface area contributed by atoms with E-state index in [1.165, 1.54) is 28.6 Å². The van der Waals surface area contributed by atoms with Crippen LogP contribution in [0.25, 0.3) is 0 Å². The molecule has 9 heteroatoms. The number of nitrogens with one attached hydrogen (secondary N) is 1. The second-order valence-corrected chi connectivity index (χ2v) is 11.0. The summed E-state index contributed by atoms with van der Waals surface area (Å²) >= 11 is 0. The first kappa shape index (κ1) is 22.3. The molecule has 1 fully saturated rings. The average Bonchev–Trinajstić information content (AvgIpc) is 2.62. The molecule has 1 heterocycles. The van der Waals surface area contributed by atoms with E-state index in [4.69, 9.17) is 4.74 Å². The van der Waals surface area contributed by atoms with Crippen molar-refractivity contribution >= 4 is 20.0 Å². The van der Waals surface area contributed by atoms with E-state index >= 15 is 0 Å². The molecule has 154 valence electrons. The van der Waals surface area contributed by atoms with Crippen molar-refractivity contribution < 1.29 is 21.6 Å². The van der Waals surface area contributed by atoms with Gasteiger partial charge in [0.2, 0.25) is 20.0 Å². The lowest BCUT2D eigenvalue weighted by atomic mass is 10.0. The van der Waals surface area contributed by atoms with Crippen molar-refractivity contribution in [3.8, 4) is 0 Å². The predicted octanol–water partition coefficient (Wildman–Crippen LogP) is 2.20. The molecule has 1 aromatic carbocycles. The summed E-state index contributed by atoms with van der Waals surface area (Å²) in [5.74, 6) is 0.592. The van der Waals surface area contributed by atoms with Gasteiger partial charge in [-0.05, 0) is 43.5 Å². The van der Waals surface area contributed by atoms with Crippen molar-refractivity contribution in [2.75, 3.05) is 26.3 Å². The Labute approximate surface area is 163 Å². The van der Waals surface area contributed by atoms with Gasteiger partial charge in [0, 0.05) is 19.1 Å². The molecule has 1 aliphatic heterocycles. The summed E-state index contributed by atoms with van der Waals surface area (Å²) in [6, 6.07) is 5.21. The molecule has 0 unspecified atom stereocenters. The third-order valence-corrected chi connectivity index (χ3v) is 8.04. The second kappa shape index (κ2) is 9.47. The number of nitrogens with zero attached hydrogens (tertiary/aromatic N) is 1. The highest BCUT2D eigenvalue weighted by Gasteiger charge is 2.27. The predicted molar refractivity (Wildman–Crippen MR) is 104 cm³/mol. The fraction of sp³-hybridized carbons (Fsp3) is 0.667. The summed E-state index contributed by atoms with van der Waals surface area (Å²) in [6.07, 6.45) is 2.78. The molecule has 0 radical (unpaired) electrons. The van der Waals surface area contributed by atoms with Crippen LogP contribution in [-0.2, 0) is 24.8 Å². The lowest BCUT2D eigenvalue weighted by molar-refractivity contribution is 0.0730. The van der Waals surface area contributed by atoms with Crippen LogP contribution in [-0.4, -0.2) is 53.5 Å². The maximum atomic E-state index is 12.6. The van der Waals surface area contributed by atoms with E-state index < -0.39 is 20.0 Å². The summed E-state index contributed by atoms with van der Waals surface area (Å²) in [5, 5.41) is 0. The minimum absolute atomic E-state index is 0.0686. The monoisotopic (exact) mass is 418 g/mol. The number of ether oxygens (including phenoxy) is 1. The topological polar surface area (TPSA) is 92.8 Å². The van der Waals surface area contributed by atoms with E-state index in [1.54, 1.807) is 0 Å². The van der Waals surface area contributed by atoms with Gasteiger partial charge in [0.05, 0.1) is 23.0 Å². The van der Waals surface area contributed by atoms with Gasteiger partial charge in [-0.15, -0.1) is 0 Å². The summed E-state index contributed by atoms with van der Waals surface area (Å²) in [7, 11) is -7.31. The third kappa shape index (κ3) is 6.25. The quantitative estimate of drug-likeness (QED) is 0.664. The van der Waals surface area contributed by atoms with Crippen LogP contribution < -0.4 is 4.72 Å². The highest BCUT2D eigenvalue weighted by atomic mass is 32.2. The van der Waals surface area contributed by atoms with E-state index in [9.17, 15) is 16.8 Å². The standard InChI is InChI=1S/C18H30N2O5S2/c1-15(2)5-4-6-16(3)19-26(21,22)17-7-9-18(10-8-17)27(23,24)20-11-13-25-14-12-20/h7-10,15-16,19H,4-6,11-14H2,1-3H3/t16-/m1/s1. The van der Waals surface area contributed by atoms with Gasteiger partial charge in [-0.3, -0.25) is 0 Å². The fourth-order valence-electron chi connectivity index (χ4n) is 2.95. The molecule has 1 aromatic rings. The van der Waals surface area contributed by atoms with Crippen LogP contribution in [0.1, 0.15) is 40.0 Å². The fourth-order valence-corrected chi connectivity index (χ4v) is 5.64. The zero-order valence-corrected chi connectivity index (χ0v) is 17.9. The largest absolute Gasteiger partial charge is 0.379 e. The summed E-state index contributed by atoms with van der Waals surface area (Å²) < 4.78 is 59.4. The van der Waals surface area contributed by atoms with Gasteiger partial charge in [0.15, 0.2) is 0 Å². The molecular weight excluding hydrogens is 388 g/mol. The summed E-state index contributed by atoms with van der Waals surface area (Å²) in [4.78, 5) is 0.160. The molecule has 27 heavy (non-hydrogen) atoms. The van der Waals surface area contributed by atoms with Crippen molar-refractivity contribution in [1.82, 2.24) is 9.03 Å². The van der Waals surface area contributed by atoms with Gasteiger partial charge in [-0.1, -0.05) is 26.7 Å². The molecule has 2 rings (SSSR count). The molecule has 0 aromatic heterocycles. The molecule has 0 saturated carbocycles. The van der Waals surface area contributed by atoms with Gasteiger partial charge in [-0.2, -0.15) is 4.31 Å². The lowest BCUT2D eigenvalue weighted by Crippen LogP contribution is -2.40. The Hall–Kier alpha value is -1.00. The van der Waals surface area contributed by atoms with Gasteiger partial charge < -0.3 is 4.74 Å². The number of morpholine rings is 1. The Morgan fingerprint density at radius 2 is 1.52 bits per heavy atom. The highest BCUT2D eigenvalue weighted by molar-refractivity contribution is 7.89. The first-order chi connectivity index (χ1) is 12.6. The highest BCUT2D eigenvalue weighted by Crippen LogP contribution is 2.20. The maximum Gasteiger partial charge on any atom is 0.243 e. The molecule has 0 amide bonds. The second-order valence-electron chi connectivity index (χ2n) is 7.33. The number of sulfonamides is 2. The van der Waals surface area contributed by atoms with Crippen molar-refractivity contribution in [3.63, 3.8) is 0 Å². The van der Waals surface area contributed by atoms with E-state index in [1.807, 2.05) is 6.92 Å². The van der Waals surface area contributed by atoms with Gasteiger partial charge >= 0.3 is 0 Å². The Morgan fingerprint density at radius 3 is 2.07 bits per heavy atom. The first-order valence-electron chi connectivity index (χ1n) is 9.33. The van der Waals surface area contributed by atoms with Crippen LogP contribution in [0.4, 0.5) is 0 Å². The Balaban J connectivity index is 2.04. The van der Waals surface area contributed by atoms with E-state index in [2.05, 4.69) is 18.6 Å². The molecule has 1 atom stereocenters. The SMILES string of the molecule is CC(C)CCC[C@@H](C)NS(=O)(=O)c1ccc(S(=O)(=O)N2CCOCC2)cc1.